The minimum atomic E-state index is -0.0440. The van der Waals surface area contributed by atoms with Gasteiger partial charge < -0.3 is 10.1 Å². The van der Waals surface area contributed by atoms with Crippen LogP contribution in [0.5, 0.6) is 0 Å². The van der Waals surface area contributed by atoms with Crippen LogP contribution in [0.25, 0.3) is 0 Å². The van der Waals surface area contributed by atoms with Crippen molar-refractivity contribution in [3.8, 4) is 0 Å². The molecule has 2 aliphatic heterocycles. The topological polar surface area (TPSA) is 38.3 Å². The number of fused-ring (bicyclic) bond motifs is 1. The van der Waals surface area contributed by atoms with E-state index >= 15 is 0 Å². The Morgan fingerprint density at radius 2 is 2.15 bits per heavy atom. The lowest BCUT2D eigenvalue weighted by atomic mass is 9.92. The van der Waals surface area contributed by atoms with Crippen LogP contribution in [0.2, 0.25) is 0 Å². The molecule has 1 fully saturated rings. The summed E-state index contributed by atoms with van der Waals surface area (Å²) in [5.74, 6) is 0.314. The number of Topliss-reactive ketones (excluding diaryl/α,β-unsaturated/α-hetero) is 1. The van der Waals surface area contributed by atoms with E-state index in [1.807, 2.05) is 6.07 Å². The van der Waals surface area contributed by atoms with E-state index in [0.717, 1.165) is 32.4 Å². The molecular formula is C17H23NO2. The van der Waals surface area contributed by atoms with E-state index in [1.54, 1.807) is 0 Å². The Balaban J connectivity index is 1.67. The van der Waals surface area contributed by atoms with Gasteiger partial charge in [0.25, 0.3) is 0 Å². The monoisotopic (exact) mass is 273 g/mol. The summed E-state index contributed by atoms with van der Waals surface area (Å²) in [5, 5.41) is 3.39. The molecule has 3 rings (SSSR count). The Morgan fingerprint density at radius 1 is 1.25 bits per heavy atom. The second-order valence-corrected chi connectivity index (χ2v) is 5.83. The molecule has 2 atom stereocenters. The van der Waals surface area contributed by atoms with E-state index in [0.29, 0.717) is 12.2 Å². The number of benzene rings is 1. The van der Waals surface area contributed by atoms with Gasteiger partial charge >= 0.3 is 0 Å². The van der Waals surface area contributed by atoms with Crippen LogP contribution in [-0.4, -0.2) is 25.0 Å². The average molecular weight is 273 g/mol. The molecule has 3 heteroatoms. The van der Waals surface area contributed by atoms with Gasteiger partial charge in [-0.3, -0.25) is 4.79 Å². The van der Waals surface area contributed by atoms with Gasteiger partial charge in [0, 0.05) is 6.42 Å². The summed E-state index contributed by atoms with van der Waals surface area (Å²) >= 11 is 0. The van der Waals surface area contributed by atoms with Gasteiger partial charge in [-0.25, -0.2) is 0 Å². The molecule has 2 heterocycles. The second kappa shape index (κ2) is 6.51. The molecule has 0 aromatic heterocycles. The van der Waals surface area contributed by atoms with Crippen molar-refractivity contribution < 1.29 is 9.53 Å². The van der Waals surface area contributed by atoms with Crippen LogP contribution in [0.4, 0.5) is 0 Å². The lowest BCUT2D eigenvalue weighted by molar-refractivity contribution is -0.124. The van der Waals surface area contributed by atoms with E-state index in [1.165, 1.54) is 24.0 Å². The van der Waals surface area contributed by atoms with Crippen molar-refractivity contribution >= 4 is 5.78 Å². The van der Waals surface area contributed by atoms with E-state index in [9.17, 15) is 4.79 Å². The van der Waals surface area contributed by atoms with Gasteiger partial charge in [0.15, 0.2) is 5.78 Å². The fraction of sp³-hybridized carbons (Fsp3) is 0.588. The van der Waals surface area contributed by atoms with Crippen LogP contribution >= 0.6 is 0 Å². The maximum atomic E-state index is 12.5. The molecular weight excluding hydrogens is 250 g/mol. The highest BCUT2D eigenvalue weighted by Crippen LogP contribution is 2.30. The standard InChI is InChI=1S/C17H23NO2/c19-16(15-8-2-1-5-10-18-15)12-17-14-7-4-3-6-13(14)9-11-20-17/h3-4,6-7,15,17-18H,1-2,5,8-12H2. The maximum absolute atomic E-state index is 12.5. The lowest BCUT2D eigenvalue weighted by Crippen LogP contribution is -2.37. The number of hydrogen-bond acceptors (Lipinski definition) is 3. The van der Waals surface area contributed by atoms with Gasteiger partial charge in [-0.05, 0) is 36.9 Å². The van der Waals surface area contributed by atoms with E-state index < -0.39 is 0 Å². The van der Waals surface area contributed by atoms with E-state index in [4.69, 9.17) is 4.74 Å². The predicted octanol–water partition coefficient (Wildman–Crippen LogP) is 2.79. The summed E-state index contributed by atoms with van der Waals surface area (Å²) < 4.78 is 5.85. The normalized spacial score (nSPS) is 26.6. The van der Waals surface area contributed by atoms with E-state index in [-0.39, 0.29) is 12.1 Å². The van der Waals surface area contributed by atoms with Crippen LogP contribution < -0.4 is 5.32 Å². The van der Waals surface area contributed by atoms with Crippen LogP contribution in [0, 0.1) is 0 Å². The van der Waals surface area contributed by atoms with Crippen LogP contribution in [0.15, 0.2) is 24.3 Å². The Kier molecular flexibility index (Phi) is 4.48. The third-order valence-corrected chi connectivity index (χ3v) is 4.43. The molecule has 0 bridgehead atoms. The highest BCUT2D eigenvalue weighted by molar-refractivity contribution is 5.84. The molecule has 2 unspecified atom stereocenters. The minimum absolute atomic E-state index is 0.0372. The number of hydrogen-bond donors (Lipinski definition) is 1. The molecule has 0 spiro atoms. The first-order chi connectivity index (χ1) is 9.84. The molecule has 1 saturated heterocycles. The maximum Gasteiger partial charge on any atom is 0.152 e. The van der Waals surface area contributed by atoms with Crippen molar-refractivity contribution in [3.05, 3.63) is 35.4 Å². The quantitative estimate of drug-likeness (QED) is 0.920. The smallest absolute Gasteiger partial charge is 0.152 e. The van der Waals surface area contributed by atoms with Gasteiger partial charge in [0.05, 0.1) is 18.8 Å². The lowest BCUT2D eigenvalue weighted by Gasteiger charge is -2.27. The molecule has 1 aromatic rings. The van der Waals surface area contributed by atoms with Crippen molar-refractivity contribution in [2.75, 3.05) is 13.2 Å². The molecule has 1 aromatic carbocycles. The first kappa shape index (κ1) is 13.8. The number of carbonyl (C=O) groups excluding carboxylic acids is 1. The highest BCUT2D eigenvalue weighted by Gasteiger charge is 2.27. The summed E-state index contributed by atoms with van der Waals surface area (Å²) in [6.07, 6.45) is 5.99. The zero-order valence-corrected chi connectivity index (χ0v) is 11.9. The van der Waals surface area contributed by atoms with Gasteiger partial charge in [0.1, 0.15) is 0 Å². The Bertz CT molecular complexity index is 464. The number of ether oxygens (including phenoxy) is 1. The summed E-state index contributed by atoms with van der Waals surface area (Å²) in [5.41, 5.74) is 2.55. The van der Waals surface area contributed by atoms with Gasteiger partial charge in [0.2, 0.25) is 0 Å². The number of carbonyl (C=O) groups is 1. The summed E-state index contributed by atoms with van der Waals surface area (Å²) in [4.78, 5) is 12.5. The van der Waals surface area contributed by atoms with Crippen molar-refractivity contribution in [1.82, 2.24) is 5.32 Å². The van der Waals surface area contributed by atoms with E-state index in [2.05, 4.69) is 23.5 Å². The molecule has 0 saturated carbocycles. The zero-order chi connectivity index (χ0) is 13.8. The molecule has 3 nitrogen and oxygen atoms in total. The van der Waals surface area contributed by atoms with Crippen LogP contribution in [0.3, 0.4) is 0 Å². The van der Waals surface area contributed by atoms with Crippen molar-refractivity contribution in [3.63, 3.8) is 0 Å². The average Bonchev–Trinajstić information content (AvgIpc) is 2.77. The van der Waals surface area contributed by atoms with Crippen molar-refractivity contribution in [1.29, 1.82) is 0 Å². The van der Waals surface area contributed by atoms with Crippen molar-refractivity contribution in [2.45, 2.75) is 50.7 Å². The summed E-state index contributed by atoms with van der Waals surface area (Å²) in [7, 11) is 0. The predicted molar refractivity (Wildman–Crippen MR) is 78.7 cm³/mol. The molecule has 108 valence electrons. The Labute approximate surface area is 120 Å². The van der Waals surface area contributed by atoms with Crippen molar-refractivity contribution in [2.24, 2.45) is 0 Å². The summed E-state index contributed by atoms with van der Waals surface area (Å²) in [6, 6.07) is 8.40. The molecule has 2 aliphatic rings. The van der Waals surface area contributed by atoms with Crippen LogP contribution in [-0.2, 0) is 16.0 Å². The zero-order valence-electron chi connectivity index (χ0n) is 11.9. The number of rotatable bonds is 3. The Morgan fingerprint density at radius 3 is 3.10 bits per heavy atom. The number of nitrogens with one attached hydrogen (secondary N) is 1. The molecule has 1 N–H and O–H groups in total. The molecule has 0 amide bonds. The van der Waals surface area contributed by atoms with Gasteiger partial charge in [-0.15, -0.1) is 0 Å². The summed E-state index contributed by atoms with van der Waals surface area (Å²) in [6.45, 7) is 1.70. The highest BCUT2D eigenvalue weighted by atomic mass is 16.5. The third kappa shape index (κ3) is 3.10. The first-order valence-corrected chi connectivity index (χ1v) is 7.80. The Hall–Kier alpha value is -1.19. The molecule has 0 aliphatic carbocycles. The molecule has 20 heavy (non-hydrogen) atoms. The third-order valence-electron chi connectivity index (χ3n) is 4.43. The largest absolute Gasteiger partial charge is 0.373 e. The SMILES string of the molecule is O=C(CC1OCCc2ccccc21)C1CCCCCN1. The van der Waals surface area contributed by atoms with Crippen LogP contribution in [0.1, 0.15) is 49.3 Å². The van der Waals surface area contributed by atoms with Gasteiger partial charge in [-0.1, -0.05) is 37.1 Å². The molecule has 0 radical (unpaired) electrons. The fourth-order valence-corrected chi connectivity index (χ4v) is 3.27. The van der Waals surface area contributed by atoms with Gasteiger partial charge in [-0.2, -0.15) is 0 Å². The fourth-order valence-electron chi connectivity index (χ4n) is 3.27. The first-order valence-electron chi connectivity index (χ1n) is 7.80. The number of ketones is 1. The minimum Gasteiger partial charge on any atom is -0.373 e. The second-order valence-electron chi connectivity index (χ2n) is 5.83.